The first-order valence-electron chi connectivity index (χ1n) is 9.94. The average Bonchev–Trinajstić information content (AvgIpc) is 3.30. The second-order valence-electron chi connectivity index (χ2n) is 7.96. The number of aryl methyl sites for hydroxylation is 1. The van der Waals surface area contributed by atoms with Crippen LogP contribution in [0.1, 0.15) is 49.0 Å². The van der Waals surface area contributed by atoms with Gasteiger partial charge in [0.15, 0.2) is 17.4 Å². The molecule has 2 heterocycles. The Morgan fingerprint density at radius 3 is 2.79 bits per heavy atom. The fraction of sp³-hybridized carbons (Fsp3) is 0.455. The van der Waals surface area contributed by atoms with Crippen LogP contribution in [-0.2, 0) is 9.53 Å². The van der Waals surface area contributed by atoms with E-state index >= 15 is 0 Å². The zero-order valence-corrected chi connectivity index (χ0v) is 16.6. The summed E-state index contributed by atoms with van der Waals surface area (Å²) in [6, 6.07) is 3.68. The minimum absolute atomic E-state index is 0.000979. The number of hydrogen-bond acceptors (Lipinski definition) is 4. The van der Waals surface area contributed by atoms with Gasteiger partial charge in [0.2, 0.25) is 0 Å². The number of aromatic nitrogens is 2. The van der Waals surface area contributed by atoms with Crippen molar-refractivity contribution in [1.82, 2.24) is 14.9 Å². The van der Waals surface area contributed by atoms with E-state index in [0.29, 0.717) is 11.3 Å². The zero-order valence-electron chi connectivity index (χ0n) is 16.6. The maximum Gasteiger partial charge on any atom is 0.180 e. The first kappa shape index (κ1) is 19.8. The average molecular weight is 401 g/mol. The molecule has 0 radical (unpaired) electrons. The monoisotopic (exact) mass is 401 g/mol. The van der Waals surface area contributed by atoms with Crippen LogP contribution in [0, 0.1) is 24.5 Å². The molecule has 0 bridgehead atoms. The first-order valence-corrected chi connectivity index (χ1v) is 9.94. The van der Waals surface area contributed by atoms with Gasteiger partial charge in [0.05, 0.1) is 35.9 Å². The van der Waals surface area contributed by atoms with E-state index < -0.39 is 11.6 Å². The molecule has 7 heteroatoms. The summed E-state index contributed by atoms with van der Waals surface area (Å²) in [6.45, 7) is 1.97. The van der Waals surface area contributed by atoms with Crippen LogP contribution in [0.25, 0.3) is 0 Å². The van der Waals surface area contributed by atoms with E-state index in [0.717, 1.165) is 37.1 Å². The van der Waals surface area contributed by atoms with E-state index in [2.05, 4.69) is 14.9 Å². The zero-order chi connectivity index (χ0) is 20.5. The van der Waals surface area contributed by atoms with Crippen molar-refractivity contribution in [2.45, 2.75) is 50.8 Å². The molecule has 4 rings (SSSR count). The predicted octanol–water partition coefficient (Wildman–Crippen LogP) is 4.01. The molecule has 2 fully saturated rings. The molecule has 2 aliphatic rings. The van der Waals surface area contributed by atoms with E-state index in [1.165, 1.54) is 6.07 Å². The van der Waals surface area contributed by atoms with Gasteiger partial charge in [0.1, 0.15) is 0 Å². The Bertz CT molecular complexity index is 940. The predicted molar refractivity (Wildman–Crippen MR) is 104 cm³/mol. The van der Waals surface area contributed by atoms with Gasteiger partial charge in [-0.3, -0.25) is 4.79 Å². The summed E-state index contributed by atoms with van der Waals surface area (Å²) in [5.41, 5.74) is 2.12. The molecule has 0 amide bonds. The Labute approximate surface area is 168 Å². The molecule has 1 saturated heterocycles. The highest BCUT2D eigenvalue weighted by atomic mass is 19.2. The van der Waals surface area contributed by atoms with Crippen LogP contribution < -0.4 is 5.32 Å². The lowest BCUT2D eigenvalue weighted by Gasteiger charge is -2.35. The molecule has 1 saturated carbocycles. The largest absolute Gasteiger partial charge is 0.379 e. The number of hydrogen-bond donors (Lipinski definition) is 1. The van der Waals surface area contributed by atoms with Crippen molar-refractivity contribution in [3.05, 3.63) is 65.4 Å². The Kier molecular flexibility index (Phi) is 5.50. The lowest BCUT2D eigenvalue weighted by atomic mass is 9.83. The van der Waals surface area contributed by atoms with Gasteiger partial charge >= 0.3 is 0 Å². The number of rotatable bonds is 4. The number of carbonyl (C=O) groups is 1. The molecule has 1 aliphatic heterocycles. The molecule has 2 aromatic rings. The first-order chi connectivity index (χ1) is 13.9. The Morgan fingerprint density at radius 1 is 1.28 bits per heavy atom. The van der Waals surface area contributed by atoms with Crippen LogP contribution in [0.5, 0.6) is 0 Å². The van der Waals surface area contributed by atoms with Crippen molar-refractivity contribution in [3.63, 3.8) is 0 Å². The lowest BCUT2D eigenvalue weighted by Crippen LogP contribution is -2.32. The topological polar surface area (TPSA) is 56.1 Å². The molecule has 154 valence electrons. The standard InChI is InChI=1S/C22H25F2N3O2/c1-13-11-27(12-25-13)20-6-3-14(8-22(20)29-2)7-19-21(28)10-18(26-19)15-4-5-16(23)17(24)9-15/h4-5,7,9,11-12,14,18,20,22,26H,3,6,8,10H2,1-2H3/b19-7+/t14?,18-,20?,22?/m1/s1. The number of halogens is 2. The van der Waals surface area contributed by atoms with Gasteiger partial charge in [0.25, 0.3) is 0 Å². The fourth-order valence-corrected chi connectivity index (χ4v) is 4.43. The number of Topliss-reactive ketones (excluding diaryl/α,β-unsaturated/α-hetero) is 1. The fourth-order valence-electron chi connectivity index (χ4n) is 4.43. The van der Waals surface area contributed by atoms with Crippen LogP contribution in [0.2, 0.25) is 0 Å². The molecule has 1 aliphatic carbocycles. The number of ketones is 1. The van der Waals surface area contributed by atoms with Crippen LogP contribution in [0.15, 0.2) is 42.5 Å². The highest BCUT2D eigenvalue weighted by Gasteiger charge is 2.33. The number of imidazole rings is 1. The van der Waals surface area contributed by atoms with Gasteiger partial charge in [-0.15, -0.1) is 0 Å². The summed E-state index contributed by atoms with van der Waals surface area (Å²) in [4.78, 5) is 16.8. The van der Waals surface area contributed by atoms with Gasteiger partial charge in [-0.25, -0.2) is 13.8 Å². The number of carbonyl (C=O) groups excluding carboxylic acids is 1. The van der Waals surface area contributed by atoms with Gasteiger partial charge in [-0.2, -0.15) is 0 Å². The molecular formula is C22H25F2N3O2. The SMILES string of the molecule is COC1CC(/C=C2/N[C@@H](c3ccc(F)c(F)c3)CC2=O)CCC1n1cnc(C)c1. The minimum Gasteiger partial charge on any atom is -0.379 e. The van der Waals surface area contributed by atoms with Crippen molar-refractivity contribution in [2.75, 3.05) is 7.11 Å². The van der Waals surface area contributed by atoms with Gasteiger partial charge in [-0.05, 0) is 49.8 Å². The van der Waals surface area contributed by atoms with Crippen molar-refractivity contribution in [1.29, 1.82) is 0 Å². The molecule has 0 spiro atoms. The second-order valence-corrected chi connectivity index (χ2v) is 7.96. The van der Waals surface area contributed by atoms with Crippen molar-refractivity contribution >= 4 is 5.78 Å². The molecule has 5 nitrogen and oxygen atoms in total. The normalized spacial score (nSPS) is 28.7. The van der Waals surface area contributed by atoms with Crippen LogP contribution in [-0.4, -0.2) is 28.5 Å². The minimum atomic E-state index is -0.898. The maximum atomic E-state index is 13.5. The van der Waals surface area contributed by atoms with Gasteiger partial charge < -0.3 is 14.6 Å². The van der Waals surface area contributed by atoms with E-state index in [4.69, 9.17) is 4.74 Å². The number of nitrogens with one attached hydrogen (secondary N) is 1. The quantitative estimate of drug-likeness (QED) is 0.787. The third-order valence-corrected chi connectivity index (χ3v) is 5.98. The third-order valence-electron chi connectivity index (χ3n) is 5.98. The van der Waals surface area contributed by atoms with Crippen molar-refractivity contribution in [3.8, 4) is 0 Å². The molecule has 4 atom stereocenters. The van der Waals surface area contributed by atoms with Crippen LogP contribution in [0.4, 0.5) is 8.78 Å². The number of ether oxygens (including phenoxy) is 1. The summed E-state index contributed by atoms with van der Waals surface area (Å²) >= 11 is 0. The summed E-state index contributed by atoms with van der Waals surface area (Å²) in [5.74, 6) is -1.56. The summed E-state index contributed by atoms with van der Waals surface area (Å²) < 4.78 is 34.6. The van der Waals surface area contributed by atoms with E-state index in [9.17, 15) is 13.6 Å². The van der Waals surface area contributed by atoms with E-state index in [1.807, 2.05) is 25.5 Å². The molecule has 1 aromatic heterocycles. The van der Waals surface area contributed by atoms with Crippen molar-refractivity contribution in [2.24, 2.45) is 5.92 Å². The maximum absolute atomic E-state index is 13.5. The van der Waals surface area contributed by atoms with Crippen molar-refractivity contribution < 1.29 is 18.3 Å². The molecular weight excluding hydrogens is 376 g/mol. The summed E-state index contributed by atoms with van der Waals surface area (Å²) in [7, 11) is 1.72. The van der Waals surface area contributed by atoms with Gasteiger partial charge in [0, 0.05) is 19.7 Å². The summed E-state index contributed by atoms with van der Waals surface area (Å²) in [6.07, 6.45) is 8.84. The number of allylic oxidation sites excluding steroid dienone is 2. The van der Waals surface area contributed by atoms with E-state index in [1.54, 1.807) is 7.11 Å². The third kappa shape index (κ3) is 4.10. The molecule has 3 unspecified atom stereocenters. The lowest BCUT2D eigenvalue weighted by molar-refractivity contribution is -0.114. The molecule has 1 aromatic carbocycles. The molecule has 1 N–H and O–H groups in total. The Morgan fingerprint density at radius 2 is 2.10 bits per heavy atom. The highest BCUT2D eigenvalue weighted by molar-refractivity contribution is 5.97. The van der Waals surface area contributed by atoms with Crippen LogP contribution in [0.3, 0.4) is 0 Å². The number of nitrogens with zero attached hydrogens (tertiary/aromatic N) is 2. The van der Waals surface area contributed by atoms with Crippen LogP contribution >= 0.6 is 0 Å². The second kappa shape index (κ2) is 8.06. The number of methoxy groups -OCH3 is 1. The Hall–Kier alpha value is -2.54. The number of benzene rings is 1. The smallest absolute Gasteiger partial charge is 0.180 e. The van der Waals surface area contributed by atoms with E-state index in [-0.39, 0.29) is 36.3 Å². The summed E-state index contributed by atoms with van der Waals surface area (Å²) in [5, 5.41) is 3.20. The molecule has 29 heavy (non-hydrogen) atoms. The van der Waals surface area contributed by atoms with Gasteiger partial charge in [-0.1, -0.05) is 12.1 Å². The highest BCUT2D eigenvalue weighted by Crippen LogP contribution is 2.36. The Balaban J connectivity index is 1.45.